The maximum absolute atomic E-state index is 12.7. The fraction of sp³-hybridized carbons (Fsp3) is 0.167. The van der Waals surface area contributed by atoms with Crippen LogP contribution in [0.3, 0.4) is 0 Å². The Balaban J connectivity index is 1.58. The normalized spacial score (nSPS) is 13.4. The van der Waals surface area contributed by atoms with E-state index in [0.717, 1.165) is 28.7 Å². The Hall–Kier alpha value is -2.16. The van der Waals surface area contributed by atoms with Gasteiger partial charge in [0.2, 0.25) is 0 Å². The molecule has 0 unspecified atom stereocenters. The zero-order valence-corrected chi connectivity index (χ0v) is 16.7. The molecule has 0 saturated heterocycles. The number of benzene rings is 2. The topological polar surface area (TPSA) is 73.2 Å². The van der Waals surface area contributed by atoms with Gasteiger partial charge in [-0.15, -0.1) is 0 Å². The van der Waals surface area contributed by atoms with Crippen LogP contribution in [0.15, 0.2) is 58.7 Å². The molecule has 140 valence electrons. The van der Waals surface area contributed by atoms with Crippen molar-refractivity contribution in [2.75, 3.05) is 17.6 Å². The Labute approximate surface area is 166 Å². The van der Waals surface area contributed by atoms with E-state index >= 15 is 0 Å². The van der Waals surface area contributed by atoms with Crippen molar-refractivity contribution in [1.29, 1.82) is 0 Å². The number of nitrogens with one attached hydrogen (secondary N) is 1. The Kier molecular flexibility index (Phi) is 4.79. The SMILES string of the molecule is COc1ccc(Cl)cc1S(=O)(=O)Nc1ccc(-c2cn3c(n2)SCC3)cc1. The first-order chi connectivity index (χ1) is 13.0. The first-order valence-electron chi connectivity index (χ1n) is 8.13. The molecule has 0 aliphatic carbocycles. The summed E-state index contributed by atoms with van der Waals surface area (Å²) in [6.07, 6.45) is 2.02. The van der Waals surface area contributed by atoms with Crippen molar-refractivity contribution in [3.05, 3.63) is 53.7 Å². The van der Waals surface area contributed by atoms with Gasteiger partial charge in [-0.25, -0.2) is 13.4 Å². The molecule has 1 aliphatic heterocycles. The molecule has 0 spiro atoms. The van der Waals surface area contributed by atoms with Gasteiger partial charge in [-0.05, 0) is 30.3 Å². The quantitative estimate of drug-likeness (QED) is 0.670. The summed E-state index contributed by atoms with van der Waals surface area (Å²) in [5.74, 6) is 1.28. The Morgan fingerprint density at radius 3 is 2.70 bits per heavy atom. The van der Waals surface area contributed by atoms with Crippen molar-refractivity contribution in [1.82, 2.24) is 9.55 Å². The van der Waals surface area contributed by atoms with E-state index in [1.807, 2.05) is 18.3 Å². The Morgan fingerprint density at radius 2 is 2.00 bits per heavy atom. The van der Waals surface area contributed by atoms with Crippen LogP contribution in [-0.2, 0) is 16.6 Å². The van der Waals surface area contributed by atoms with Gasteiger partial charge >= 0.3 is 0 Å². The molecule has 1 aromatic heterocycles. The van der Waals surface area contributed by atoms with Crippen LogP contribution < -0.4 is 9.46 Å². The molecule has 0 saturated carbocycles. The van der Waals surface area contributed by atoms with Crippen LogP contribution in [0, 0.1) is 0 Å². The van der Waals surface area contributed by atoms with Crippen molar-refractivity contribution in [2.24, 2.45) is 0 Å². The minimum atomic E-state index is -3.84. The van der Waals surface area contributed by atoms with Crippen LogP contribution in [0.5, 0.6) is 5.75 Å². The number of thioether (sulfide) groups is 1. The summed E-state index contributed by atoms with van der Waals surface area (Å²) in [5, 5.41) is 1.33. The molecular weight excluding hydrogens is 406 g/mol. The fourth-order valence-corrected chi connectivity index (χ4v) is 5.26. The number of imidazole rings is 1. The molecule has 0 atom stereocenters. The van der Waals surface area contributed by atoms with Crippen molar-refractivity contribution in [2.45, 2.75) is 16.6 Å². The number of ether oxygens (including phenoxy) is 1. The molecule has 27 heavy (non-hydrogen) atoms. The van der Waals surface area contributed by atoms with Gasteiger partial charge < -0.3 is 9.30 Å². The second-order valence-corrected chi connectivity index (χ2v) is 9.08. The number of hydrogen-bond donors (Lipinski definition) is 1. The van der Waals surface area contributed by atoms with Gasteiger partial charge in [0.05, 0.1) is 12.8 Å². The monoisotopic (exact) mass is 421 g/mol. The summed E-state index contributed by atoms with van der Waals surface area (Å²) in [5.41, 5.74) is 2.26. The van der Waals surface area contributed by atoms with E-state index in [4.69, 9.17) is 16.3 Å². The number of rotatable bonds is 5. The maximum atomic E-state index is 12.7. The smallest absolute Gasteiger partial charge is 0.265 e. The number of aryl methyl sites for hydroxylation is 1. The first kappa shape index (κ1) is 18.2. The summed E-state index contributed by atoms with van der Waals surface area (Å²) < 4.78 is 35.3. The van der Waals surface area contributed by atoms with Crippen LogP contribution in [-0.4, -0.2) is 30.8 Å². The van der Waals surface area contributed by atoms with E-state index in [1.54, 1.807) is 30.0 Å². The molecule has 4 rings (SSSR count). The maximum Gasteiger partial charge on any atom is 0.265 e. The highest BCUT2D eigenvalue weighted by molar-refractivity contribution is 7.99. The van der Waals surface area contributed by atoms with Crippen LogP contribution in [0.4, 0.5) is 5.69 Å². The first-order valence-corrected chi connectivity index (χ1v) is 11.0. The summed E-state index contributed by atoms with van der Waals surface area (Å²) in [7, 11) is -2.42. The van der Waals surface area contributed by atoms with E-state index in [0.29, 0.717) is 10.7 Å². The third kappa shape index (κ3) is 3.65. The second kappa shape index (κ2) is 7.10. The van der Waals surface area contributed by atoms with Gasteiger partial charge in [-0.1, -0.05) is 35.5 Å². The average molecular weight is 422 g/mol. The molecule has 0 radical (unpaired) electrons. The summed E-state index contributed by atoms with van der Waals surface area (Å²) >= 11 is 7.68. The number of anilines is 1. The van der Waals surface area contributed by atoms with E-state index in [-0.39, 0.29) is 10.6 Å². The molecule has 2 heterocycles. The third-order valence-electron chi connectivity index (χ3n) is 4.15. The van der Waals surface area contributed by atoms with Crippen molar-refractivity contribution >= 4 is 39.1 Å². The fourth-order valence-electron chi connectivity index (χ4n) is 2.83. The van der Waals surface area contributed by atoms with Crippen LogP contribution in [0.1, 0.15) is 0 Å². The molecule has 6 nitrogen and oxygen atoms in total. The summed E-state index contributed by atoms with van der Waals surface area (Å²) in [6, 6.07) is 11.6. The van der Waals surface area contributed by atoms with Gasteiger partial charge in [0.1, 0.15) is 10.6 Å². The van der Waals surface area contributed by atoms with Gasteiger partial charge in [0, 0.05) is 34.8 Å². The van der Waals surface area contributed by atoms with Crippen LogP contribution in [0.2, 0.25) is 5.02 Å². The lowest BCUT2D eigenvalue weighted by molar-refractivity contribution is 0.403. The van der Waals surface area contributed by atoms with Gasteiger partial charge in [-0.3, -0.25) is 4.72 Å². The van der Waals surface area contributed by atoms with Gasteiger partial charge in [0.25, 0.3) is 10.0 Å². The van der Waals surface area contributed by atoms with Crippen molar-refractivity contribution in [3.63, 3.8) is 0 Å². The molecule has 0 bridgehead atoms. The minimum Gasteiger partial charge on any atom is -0.495 e. The number of sulfonamides is 1. The van der Waals surface area contributed by atoms with E-state index in [1.165, 1.54) is 19.2 Å². The van der Waals surface area contributed by atoms with Crippen LogP contribution in [0.25, 0.3) is 11.3 Å². The highest BCUT2D eigenvalue weighted by Gasteiger charge is 2.20. The largest absolute Gasteiger partial charge is 0.495 e. The van der Waals surface area contributed by atoms with E-state index in [2.05, 4.69) is 14.3 Å². The highest BCUT2D eigenvalue weighted by atomic mass is 35.5. The van der Waals surface area contributed by atoms with Gasteiger partial charge in [-0.2, -0.15) is 0 Å². The lowest BCUT2D eigenvalue weighted by Crippen LogP contribution is -2.14. The van der Waals surface area contributed by atoms with Gasteiger partial charge in [0.15, 0.2) is 5.16 Å². The number of aromatic nitrogens is 2. The Bertz CT molecular complexity index is 1070. The summed E-state index contributed by atoms with van der Waals surface area (Å²) in [6.45, 7) is 0.965. The number of fused-ring (bicyclic) bond motifs is 1. The van der Waals surface area contributed by atoms with Crippen LogP contribution >= 0.6 is 23.4 Å². The predicted molar refractivity (Wildman–Crippen MR) is 107 cm³/mol. The molecule has 0 amide bonds. The lowest BCUT2D eigenvalue weighted by Gasteiger charge is -2.12. The Morgan fingerprint density at radius 1 is 1.22 bits per heavy atom. The zero-order chi connectivity index (χ0) is 19.0. The lowest BCUT2D eigenvalue weighted by atomic mass is 10.1. The zero-order valence-electron chi connectivity index (χ0n) is 14.3. The van der Waals surface area contributed by atoms with E-state index < -0.39 is 10.0 Å². The molecule has 0 fully saturated rings. The predicted octanol–water partition coefficient (Wildman–Crippen LogP) is 4.12. The molecule has 9 heteroatoms. The summed E-state index contributed by atoms with van der Waals surface area (Å²) in [4.78, 5) is 4.59. The average Bonchev–Trinajstić information content (AvgIpc) is 3.24. The number of methoxy groups -OCH3 is 1. The molecule has 3 aromatic rings. The molecule has 1 N–H and O–H groups in total. The number of hydrogen-bond acceptors (Lipinski definition) is 5. The molecule has 1 aliphatic rings. The van der Waals surface area contributed by atoms with E-state index in [9.17, 15) is 8.42 Å². The molecular formula is C18H16ClN3O3S2. The number of halogens is 1. The second-order valence-electron chi connectivity index (χ2n) is 5.93. The van der Waals surface area contributed by atoms with Crippen molar-refractivity contribution in [3.8, 4) is 17.0 Å². The standard InChI is InChI=1S/C18H16ClN3O3S2/c1-25-16-7-4-13(19)10-17(16)27(23,24)21-14-5-2-12(3-6-14)15-11-22-8-9-26-18(22)20-15/h2-7,10-11,21H,8-9H2,1H3. The molecule has 2 aromatic carbocycles. The highest BCUT2D eigenvalue weighted by Crippen LogP contribution is 2.31. The minimum absolute atomic E-state index is 0.0101. The van der Waals surface area contributed by atoms with Crippen molar-refractivity contribution < 1.29 is 13.2 Å². The number of nitrogens with zero attached hydrogens (tertiary/aromatic N) is 2. The third-order valence-corrected chi connectivity index (χ3v) is 6.76.